The molecule has 0 aliphatic carbocycles. The van der Waals surface area contributed by atoms with Crippen molar-refractivity contribution in [1.82, 2.24) is 34.3 Å². The quantitative estimate of drug-likeness (QED) is 0.316. The van der Waals surface area contributed by atoms with E-state index >= 15 is 0 Å². The molecule has 0 bridgehead atoms. The maximum Gasteiger partial charge on any atom is 0.140 e. The lowest BCUT2D eigenvalue weighted by Gasteiger charge is -2.37. The van der Waals surface area contributed by atoms with Crippen molar-refractivity contribution in [2.24, 2.45) is 12.8 Å². The van der Waals surface area contributed by atoms with Gasteiger partial charge in [0, 0.05) is 43.9 Å². The summed E-state index contributed by atoms with van der Waals surface area (Å²) in [5.74, 6) is 1.48. The number of benzene rings is 1. The molecule has 3 N–H and O–H groups in total. The van der Waals surface area contributed by atoms with Crippen molar-refractivity contribution in [2.45, 2.75) is 18.5 Å². The molecule has 1 aromatic carbocycles. The van der Waals surface area contributed by atoms with Crippen LogP contribution < -0.4 is 15.8 Å². The zero-order valence-electron chi connectivity index (χ0n) is 20.4. The molecule has 37 heavy (non-hydrogen) atoms. The van der Waals surface area contributed by atoms with E-state index in [-0.39, 0.29) is 5.54 Å². The second kappa shape index (κ2) is 9.60. The van der Waals surface area contributed by atoms with Crippen LogP contribution in [0.1, 0.15) is 12.0 Å². The molecule has 5 heterocycles. The molecule has 5 aromatic rings. The van der Waals surface area contributed by atoms with E-state index < -0.39 is 0 Å². The minimum absolute atomic E-state index is 0.260. The van der Waals surface area contributed by atoms with Crippen LogP contribution in [-0.4, -0.2) is 59.7 Å². The second-order valence-electron chi connectivity index (χ2n) is 9.25. The fourth-order valence-corrected chi connectivity index (χ4v) is 4.18. The highest BCUT2D eigenvalue weighted by Crippen LogP contribution is 2.24. The molecule has 11 heteroatoms. The Morgan fingerprint density at radius 3 is 2.68 bits per heavy atom. The monoisotopic (exact) mass is 497 g/mol. The van der Waals surface area contributed by atoms with E-state index in [0.29, 0.717) is 26.4 Å². The Morgan fingerprint density at radius 1 is 1.05 bits per heavy atom. The van der Waals surface area contributed by atoms with Gasteiger partial charge in [0.1, 0.15) is 29.2 Å². The Bertz CT molecular complexity index is 1520. The Balaban J connectivity index is 1.11. The van der Waals surface area contributed by atoms with Crippen molar-refractivity contribution in [3.8, 4) is 28.4 Å². The number of nitrogens with one attached hydrogen (secondary N) is 1. The number of rotatable bonds is 9. The van der Waals surface area contributed by atoms with Crippen molar-refractivity contribution in [2.75, 3.05) is 25.1 Å². The van der Waals surface area contributed by atoms with Crippen LogP contribution in [0.5, 0.6) is 5.75 Å². The molecule has 11 nitrogen and oxygen atoms in total. The first kappa shape index (κ1) is 23.1. The SMILES string of the molecule is Cn1ncc(-c2ccc(CNc3cc(-c4cnc5cc(OCCC6(N)COC6)ccn45)ncn3)cc2)n1. The first-order valence-electron chi connectivity index (χ1n) is 12.0. The predicted octanol–water partition coefficient (Wildman–Crippen LogP) is 2.70. The zero-order valence-corrected chi connectivity index (χ0v) is 20.4. The van der Waals surface area contributed by atoms with E-state index in [1.807, 2.05) is 40.9 Å². The maximum absolute atomic E-state index is 6.18. The summed E-state index contributed by atoms with van der Waals surface area (Å²) >= 11 is 0. The zero-order chi connectivity index (χ0) is 25.2. The predicted molar refractivity (Wildman–Crippen MR) is 138 cm³/mol. The van der Waals surface area contributed by atoms with Crippen LogP contribution in [0.4, 0.5) is 5.82 Å². The number of aromatic nitrogens is 7. The summed E-state index contributed by atoms with van der Waals surface area (Å²) in [4.78, 5) is 14.9. The van der Waals surface area contributed by atoms with Gasteiger partial charge in [-0.15, -0.1) is 0 Å². The molecule has 0 unspecified atom stereocenters. The molecule has 0 amide bonds. The van der Waals surface area contributed by atoms with Crippen LogP contribution >= 0.6 is 0 Å². The van der Waals surface area contributed by atoms with E-state index in [1.165, 1.54) is 0 Å². The number of nitrogens with two attached hydrogens (primary N) is 1. The van der Waals surface area contributed by atoms with Gasteiger partial charge in [0.15, 0.2) is 0 Å². The molecule has 1 saturated heterocycles. The fourth-order valence-electron chi connectivity index (χ4n) is 4.18. The van der Waals surface area contributed by atoms with Gasteiger partial charge >= 0.3 is 0 Å². The Morgan fingerprint density at radius 2 is 1.92 bits per heavy atom. The number of ether oxygens (including phenoxy) is 2. The number of fused-ring (bicyclic) bond motifs is 1. The van der Waals surface area contributed by atoms with Gasteiger partial charge in [0.05, 0.1) is 49.1 Å². The molecule has 0 spiro atoms. The van der Waals surface area contributed by atoms with Crippen molar-refractivity contribution in [3.05, 3.63) is 72.9 Å². The summed E-state index contributed by atoms with van der Waals surface area (Å²) in [7, 11) is 1.81. The Kier molecular flexibility index (Phi) is 5.99. The summed E-state index contributed by atoms with van der Waals surface area (Å²) in [5.41, 5.74) is 11.3. The lowest BCUT2D eigenvalue weighted by molar-refractivity contribution is -0.0616. The highest BCUT2D eigenvalue weighted by atomic mass is 16.5. The number of imidazole rings is 1. The summed E-state index contributed by atoms with van der Waals surface area (Å²) in [6.07, 6.45) is 7.80. The molecule has 4 aromatic heterocycles. The van der Waals surface area contributed by atoms with E-state index in [4.69, 9.17) is 15.2 Å². The number of anilines is 1. The molecule has 6 rings (SSSR count). The summed E-state index contributed by atoms with van der Waals surface area (Å²) in [5, 5.41) is 11.8. The van der Waals surface area contributed by atoms with Crippen molar-refractivity contribution < 1.29 is 9.47 Å². The largest absolute Gasteiger partial charge is 0.493 e. The molecule has 0 saturated carbocycles. The maximum atomic E-state index is 6.18. The van der Waals surface area contributed by atoms with Gasteiger partial charge in [0.25, 0.3) is 0 Å². The van der Waals surface area contributed by atoms with Crippen LogP contribution in [0.25, 0.3) is 28.3 Å². The average molecular weight is 498 g/mol. The second-order valence-corrected chi connectivity index (χ2v) is 9.25. The molecule has 0 radical (unpaired) electrons. The number of hydrogen-bond acceptors (Lipinski definition) is 9. The summed E-state index contributed by atoms with van der Waals surface area (Å²) in [6.45, 7) is 2.34. The number of pyridine rings is 1. The number of nitrogens with zero attached hydrogens (tertiary/aromatic N) is 7. The molecule has 1 aliphatic heterocycles. The van der Waals surface area contributed by atoms with Gasteiger partial charge in [0.2, 0.25) is 0 Å². The third kappa shape index (κ3) is 4.99. The molecular weight excluding hydrogens is 470 g/mol. The topological polar surface area (TPSA) is 130 Å². The van der Waals surface area contributed by atoms with E-state index in [2.05, 4.69) is 42.6 Å². The van der Waals surface area contributed by atoms with Crippen LogP contribution in [0.15, 0.2) is 67.4 Å². The normalized spacial score (nSPS) is 14.4. The van der Waals surface area contributed by atoms with Gasteiger partial charge in [-0.1, -0.05) is 24.3 Å². The minimum Gasteiger partial charge on any atom is -0.493 e. The number of hydrogen-bond donors (Lipinski definition) is 2. The first-order chi connectivity index (χ1) is 18.0. The van der Waals surface area contributed by atoms with Gasteiger partial charge in [-0.25, -0.2) is 15.0 Å². The smallest absolute Gasteiger partial charge is 0.140 e. The Labute approximate surface area is 213 Å². The van der Waals surface area contributed by atoms with Gasteiger partial charge in [-0.2, -0.15) is 15.0 Å². The Hall–Kier alpha value is -4.35. The van der Waals surface area contributed by atoms with Crippen molar-refractivity contribution in [3.63, 3.8) is 0 Å². The third-order valence-corrected chi connectivity index (χ3v) is 6.38. The van der Waals surface area contributed by atoms with Crippen LogP contribution in [0, 0.1) is 0 Å². The highest BCUT2D eigenvalue weighted by Gasteiger charge is 2.33. The van der Waals surface area contributed by atoms with E-state index in [1.54, 1.807) is 30.6 Å². The van der Waals surface area contributed by atoms with Gasteiger partial charge in [-0.3, -0.25) is 4.40 Å². The molecule has 188 valence electrons. The minimum atomic E-state index is -0.260. The summed E-state index contributed by atoms with van der Waals surface area (Å²) in [6, 6.07) is 14.0. The fraction of sp³-hybridized carbons (Fsp3) is 0.269. The van der Waals surface area contributed by atoms with E-state index in [9.17, 15) is 0 Å². The van der Waals surface area contributed by atoms with Gasteiger partial charge in [-0.05, 0) is 11.6 Å². The number of aryl methyl sites for hydroxylation is 1. The van der Waals surface area contributed by atoms with Crippen molar-refractivity contribution in [1.29, 1.82) is 0 Å². The molecular formula is C26H27N9O2. The van der Waals surface area contributed by atoms with Gasteiger partial charge < -0.3 is 20.5 Å². The first-order valence-corrected chi connectivity index (χ1v) is 12.0. The third-order valence-electron chi connectivity index (χ3n) is 6.38. The molecule has 1 fully saturated rings. The lowest BCUT2D eigenvalue weighted by Crippen LogP contribution is -2.58. The molecule has 0 atom stereocenters. The highest BCUT2D eigenvalue weighted by molar-refractivity contribution is 5.63. The van der Waals surface area contributed by atoms with Crippen LogP contribution in [0.3, 0.4) is 0 Å². The van der Waals surface area contributed by atoms with Crippen LogP contribution in [0.2, 0.25) is 0 Å². The van der Waals surface area contributed by atoms with Crippen LogP contribution in [-0.2, 0) is 18.3 Å². The lowest BCUT2D eigenvalue weighted by atomic mass is 9.95. The van der Waals surface area contributed by atoms with E-state index in [0.717, 1.165) is 51.8 Å². The average Bonchev–Trinajstić information content (AvgIpc) is 3.53. The molecule has 1 aliphatic rings. The van der Waals surface area contributed by atoms with Crippen molar-refractivity contribution >= 4 is 11.5 Å². The summed E-state index contributed by atoms with van der Waals surface area (Å²) < 4.78 is 13.1. The standard InChI is InChI=1S/C26H27N9O2/c1-34-32-13-22(33-34)19-4-2-18(3-5-19)12-28-24-11-21(30-17-31-24)23-14-29-25-10-20(6-8-35(23)25)37-9-7-26(27)15-36-16-26/h2-6,8,10-11,13-14,17H,7,9,12,15-16,27H2,1H3,(H,28,30,31).